The molecule has 1 saturated heterocycles. The molecule has 5 heteroatoms. The minimum atomic E-state index is 0.0472. The Kier molecular flexibility index (Phi) is 3.78. The van der Waals surface area contributed by atoms with Crippen LogP contribution < -0.4 is 4.90 Å². The number of aliphatic hydroxyl groups excluding tert-OH is 1. The van der Waals surface area contributed by atoms with Crippen LogP contribution in [0.5, 0.6) is 0 Å². The first kappa shape index (κ1) is 12.8. The van der Waals surface area contributed by atoms with Gasteiger partial charge in [-0.05, 0) is 32.6 Å². The van der Waals surface area contributed by atoms with E-state index in [4.69, 9.17) is 10.4 Å². The fourth-order valence-corrected chi connectivity index (χ4v) is 2.65. The van der Waals surface area contributed by atoms with Crippen LogP contribution in [0.4, 0.5) is 5.82 Å². The number of hydrogen-bond acceptors (Lipinski definition) is 5. The van der Waals surface area contributed by atoms with Crippen LogP contribution >= 0.6 is 0 Å². The Bertz CT molecular complexity index is 439. The first-order chi connectivity index (χ1) is 8.69. The lowest BCUT2D eigenvalue weighted by Gasteiger charge is -2.36. The Morgan fingerprint density at radius 2 is 2.33 bits per heavy atom. The highest BCUT2D eigenvalue weighted by molar-refractivity contribution is 5.42. The minimum absolute atomic E-state index is 0.0472. The second-order valence-electron chi connectivity index (χ2n) is 4.95. The van der Waals surface area contributed by atoms with E-state index >= 15 is 0 Å². The van der Waals surface area contributed by atoms with Gasteiger partial charge >= 0.3 is 0 Å². The number of aliphatic hydroxyl groups is 1. The maximum atomic E-state index is 8.98. The summed E-state index contributed by atoms with van der Waals surface area (Å²) in [6, 6.07) is 1.97. The molecule has 18 heavy (non-hydrogen) atoms. The van der Waals surface area contributed by atoms with Gasteiger partial charge in [-0.3, -0.25) is 0 Å². The molecule has 1 aromatic heterocycles. The summed E-state index contributed by atoms with van der Waals surface area (Å²) in [5.41, 5.74) is 0.390. The van der Waals surface area contributed by atoms with Crippen molar-refractivity contribution >= 4 is 5.82 Å². The average Bonchev–Trinajstić information content (AvgIpc) is 2.79. The summed E-state index contributed by atoms with van der Waals surface area (Å²) < 4.78 is 0. The van der Waals surface area contributed by atoms with Crippen molar-refractivity contribution in [2.75, 3.05) is 18.1 Å². The van der Waals surface area contributed by atoms with Gasteiger partial charge in [-0.1, -0.05) is 0 Å². The van der Waals surface area contributed by atoms with Gasteiger partial charge < -0.3 is 10.0 Å². The second kappa shape index (κ2) is 5.32. The van der Waals surface area contributed by atoms with Crippen molar-refractivity contribution in [2.24, 2.45) is 0 Å². The van der Waals surface area contributed by atoms with E-state index in [0.29, 0.717) is 5.69 Å². The van der Waals surface area contributed by atoms with E-state index in [1.165, 1.54) is 6.20 Å². The van der Waals surface area contributed by atoms with E-state index in [2.05, 4.69) is 21.8 Å². The molecule has 0 radical (unpaired) electrons. The zero-order valence-electron chi connectivity index (χ0n) is 10.6. The van der Waals surface area contributed by atoms with Crippen molar-refractivity contribution in [3.63, 3.8) is 0 Å². The third-order valence-corrected chi connectivity index (χ3v) is 3.65. The van der Waals surface area contributed by atoms with Crippen LogP contribution in [0.25, 0.3) is 0 Å². The molecule has 0 spiro atoms. The normalized spacial score (nSPS) is 23.1. The molecule has 0 amide bonds. The molecular formula is C13H18N4O. The molecule has 0 aromatic carbocycles. The highest BCUT2D eigenvalue weighted by Crippen LogP contribution is 2.35. The van der Waals surface area contributed by atoms with E-state index in [1.807, 2.05) is 6.07 Å². The van der Waals surface area contributed by atoms with E-state index in [-0.39, 0.29) is 12.1 Å². The summed E-state index contributed by atoms with van der Waals surface area (Å²) in [5.74, 6) is 0.826. The lowest BCUT2D eigenvalue weighted by molar-refractivity contribution is 0.265. The molecule has 1 aliphatic rings. The molecule has 1 fully saturated rings. The predicted octanol–water partition coefficient (Wildman–Crippen LogP) is 1.48. The number of anilines is 1. The van der Waals surface area contributed by atoms with Gasteiger partial charge in [0.25, 0.3) is 0 Å². The standard InChI is InChI=1S/C13H18N4O/c1-13(5-3-7-18)4-2-6-17(13)12-10-15-11(8-14)9-16-12/h9-10,18H,2-7H2,1H3. The van der Waals surface area contributed by atoms with Gasteiger partial charge in [0.2, 0.25) is 0 Å². The molecule has 1 unspecified atom stereocenters. The summed E-state index contributed by atoms with van der Waals surface area (Å²) in [6.45, 7) is 3.39. The van der Waals surface area contributed by atoms with Gasteiger partial charge in [-0.15, -0.1) is 0 Å². The summed E-state index contributed by atoms with van der Waals surface area (Å²) in [7, 11) is 0. The zero-order valence-corrected chi connectivity index (χ0v) is 10.6. The molecule has 5 nitrogen and oxygen atoms in total. The summed E-state index contributed by atoms with van der Waals surface area (Å²) in [6.07, 6.45) is 7.17. The third kappa shape index (κ3) is 2.44. The van der Waals surface area contributed by atoms with Crippen LogP contribution in [-0.2, 0) is 0 Å². The van der Waals surface area contributed by atoms with Gasteiger partial charge in [0.15, 0.2) is 5.69 Å². The summed E-state index contributed by atoms with van der Waals surface area (Å²) in [5, 5.41) is 17.7. The molecule has 2 heterocycles. The fraction of sp³-hybridized carbons (Fsp3) is 0.615. The Morgan fingerprint density at radius 3 is 2.94 bits per heavy atom. The van der Waals surface area contributed by atoms with Gasteiger partial charge in [0, 0.05) is 18.7 Å². The lowest BCUT2D eigenvalue weighted by atomic mass is 9.93. The molecule has 1 aromatic rings. The smallest absolute Gasteiger partial charge is 0.158 e. The molecule has 0 bridgehead atoms. The van der Waals surface area contributed by atoms with Crippen LogP contribution in [0.3, 0.4) is 0 Å². The topological polar surface area (TPSA) is 73.0 Å². The first-order valence-electron chi connectivity index (χ1n) is 6.30. The maximum absolute atomic E-state index is 8.98. The minimum Gasteiger partial charge on any atom is -0.396 e. The highest BCUT2D eigenvalue weighted by Gasteiger charge is 2.36. The van der Waals surface area contributed by atoms with E-state index in [1.54, 1.807) is 6.20 Å². The summed E-state index contributed by atoms with van der Waals surface area (Å²) >= 11 is 0. The number of hydrogen-bond donors (Lipinski definition) is 1. The van der Waals surface area contributed by atoms with Crippen molar-refractivity contribution in [1.29, 1.82) is 5.26 Å². The fourth-order valence-electron chi connectivity index (χ4n) is 2.65. The van der Waals surface area contributed by atoms with Crippen molar-refractivity contribution in [3.8, 4) is 6.07 Å². The first-order valence-corrected chi connectivity index (χ1v) is 6.30. The van der Waals surface area contributed by atoms with Gasteiger partial charge in [0.1, 0.15) is 11.9 Å². The quantitative estimate of drug-likeness (QED) is 0.871. The van der Waals surface area contributed by atoms with Crippen molar-refractivity contribution in [2.45, 2.75) is 38.1 Å². The SMILES string of the molecule is CC1(CCCO)CCCN1c1cnc(C#N)cn1. The highest BCUT2D eigenvalue weighted by atomic mass is 16.2. The Hall–Kier alpha value is -1.67. The van der Waals surface area contributed by atoms with Gasteiger partial charge in [-0.2, -0.15) is 5.26 Å². The van der Waals surface area contributed by atoms with E-state index in [9.17, 15) is 0 Å². The predicted molar refractivity (Wildman–Crippen MR) is 68.1 cm³/mol. The van der Waals surface area contributed by atoms with Crippen LogP contribution in [0.2, 0.25) is 0 Å². The molecule has 96 valence electrons. The number of aromatic nitrogens is 2. The van der Waals surface area contributed by atoms with Crippen molar-refractivity contribution in [3.05, 3.63) is 18.1 Å². The number of nitrogens with zero attached hydrogens (tertiary/aromatic N) is 4. The van der Waals surface area contributed by atoms with Crippen molar-refractivity contribution in [1.82, 2.24) is 9.97 Å². The summed E-state index contributed by atoms with van der Waals surface area (Å²) in [4.78, 5) is 10.6. The Balaban J connectivity index is 2.17. The molecule has 0 aliphatic carbocycles. The molecule has 1 atom stereocenters. The maximum Gasteiger partial charge on any atom is 0.158 e. The Labute approximate surface area is 107 Å². The lowest BCUT2D eigenvalue weighted by Crippen LogP contribution is -2.41. The van der Waals surface area contributed by atoms with E-state index in [0.717, 1.165) is 38.0 Å². The van der Waals surface area contributed by atoms with Crippen molar-refractivity contribution < 1.29 is 5.11 Å². The molecule has 2 rings (SSSR count). The molecule has 0 saturated carbocycles. The van der Waals surface area contributed by atoms with Gasteiger partial charge in [-0.25, -0.2) is 9.97 Å². The third-order valence-electron chi connectivity index (χ3n) is 3.65. The largest absolute Gasteiger partial charge is 0.396 e. The monoisotopic (exact) mass is 246 g/mol. The van der Waals surface area contributed by atoms with E-state index < -0.39 is 0 Å². The van der Waals surface area contributed by atoms with Crippen LogP contribution in [0.1, 0.15) is 38.3 Å². The van der Waals surface area contributed by atoms with Crippen LogP contribution in [0.15, 0.2) is 12.4 Å². The number of nitriles is 1. The van der Waals surface area contributed by atoms with Crippen LogP contribution in [0, 0.1) is 11.3 Å². The second-order valence-corrected chi connectivity index (χ2v) is 4.95. The van der Waals surface area contributed by atoms with Crippen LogP contribution in [-0.4, -0.2) is 33.8 Å². The molecule has 1 N–H and O–H groups in total. The zero-order chi connectivity index (χ0) is 13.0. The molecule has 1 aliphatic heterocycles. The molecular weight excluding hydrogens is 228 g/mol. The average molecular weight is 246 g/mol. The number of rotatable bonds is 4. The van der Waals surface area contributed by atoms with Gasteiger partial charge in [0.05, 0.1) is 12.4 Å². The Morgan fingerprint density at radius 1 is 1.50 bits per heavy atom.